The maximum Gasteiger partial charge on any atom is 0.115 e. The van der Waals surface area contributed by atoms with Crippen LogP contribution in [0.5, 0.6) is 0 Å². The quantitative estimate of drug-likeness (QED) is 0.785. The van der Waals surface area contributed by atoms with E-state index in [2.05, 4.69) is 19.1 Å². The maximum absolute atomic E-state index is 12.5. The molecule has 1 nitrogen and oxygen atoms in total. The molecule has 0 saturated carbocycles. The summed E-state index contributed by atoms with van der Waals surface area (Å²) in [5.74, 6) is 0. The van der Waals surface area contributed by atoms with Crippen LogP contribution in [-0.4, -0.2) is 0 Å². The smallest absolute Gasteiger partial charge is 0.115 e. The number of benzene rings is 2. The van der Waals surface area contributed by atoms with Crippen molar-refractivity contribution in [1.82, 2.24) is 0 Å². The molecule has 0 amide bonds. The minimum absolute atomic E-state index is 0.446. The molecule has 2 heteroatoms. The molecule has 0 aliphatic heterocycles. The van der Waals surface area contributed by atoms with Crippen molar-refractivity contribution < 1.29 is 4.39 Å². The molecular formula is C16H14FN. The van der Waals surface area contributed by atoms with E-state index in [1.807, 2.05) is 24.3 Å². The number of rotatable bonds is 3. The predicted molar refractivity (Wildman–Crippen MR) is 70.8 cm³/mol. The molecule has 2 aromatic carbocycles. The first-order chi connectivity index (χ1) is 8.76. The molecule has 0 heterocycles. The monoisotopic (exact) mass is 239 g/mol. The Bertz CT molecular complexity index is 579. The van der Waals surface area contributed by atoms with Gasteiger partial charge in [-0.05, 0) is 40.8 Å². The Hall–Kier alpha value is -2.14. The summed E-state index contributed by atoms with van der Waals surface area (Å²) < 4.78 is 12.5. The van der Waals surface area contributed by atoms with Crippen molar-refractivity contribution in [3.05, 3.63) is 59.2 Å². The van der Waals surface area contributed by atoms with Gasteiger partial charge in [-0.1, -0.05) is 37.3 Å². The summed E-state index contributed by atoms with van der Waals surface area (Å²) in [4.78, 5) is 0. The van der Waals surface area contributed by atoms with Crippen molar-refractivity contribution in [3.8, 4) is 17.2 Å². The van der Waals surface area contributed by atoms with Gasteiger partial charge < -0.3 is 0 Å². The molecule has 0 bridgehead atoms. The van der Waals surface area contributed by atoms with E-state index in [1.165, 1.54) is 0 Å². The Morgan fingerprint density at radius 2 is 1.72 bits per heavy atom. The predicted octanol–water partition coefficient (Wildman–Crippen LogP) is 4.26. The van der Waals surface area contributed by atoms with Crippen LogP contribution < -0.4 is 0 Å². The standard InChI is InChI=1S/C16H14FN/c1-2-12-7-14(11-18)9-16(8-12)15-5-3-13(10-17)4-6-15/h3-9H,2,10H2,1H3. The Kier molecular flexibility index (Phi) is 3.74. The van der Waals surface area contributed by atoms with Crippen LogP contribution in [0, 0.1) is 11.3 Å². The van der Waals surface area contributed by atoms with E-state index in [0.29, 0.717) is 11.1 Å². The molecule has 0 aliphatic carbocycles. The van der Waals surface area contributed by atoms with Gasteiger partial charge in [-0.25, -0.2) is 4.39 Å². The second kappa shape index (κ2) is 5.46. The second-order valence-electron chi connectivity index (χ2n) is 4.21. The molecule has 0 spiro atoms. The third-order valence-corrected chi connectivity index (χ3v) is 2.97. The molecule has 0 fully saturated rings. The highest BCUT2D eigenvalue weighted by atomic mass is 19.1. The zero-order valence-corrected chi connectivity index (χ0v) is 10.3. The lowest BCUT2D eigenvalue weighted by Crippen LogP contribution is -1.87. The van der Waals surface area contributed by atoms with E-state index in [1.54, 1.807) is 12.1 Å². The minimum Gasteiger partial charge on any atom is -0.246 e. The van der Waals surface area contributed by atoms with Crippen LogP contribution in [0.25, 0.3) is 11.1 Å². The molecule has 2 rings (SSSR count). The minimum atomic E-state index is -0.446. The van der Waals surface area contributed by atoms with Crippen LogP contribution in [0.2, 0.25) is 0 Å². The fourth-order valence-electron chi connectivity index (χ4n) is 1.91. The first-order valence-corrected chi connectivity index (χ1v) is 5.96. The van der Waals surface area contributed by atoms with Gasteiger partial charge in [-0.3, -0.25) is 0 Å². The van der Waals surface area contributed by atoms with E-state index in [0.717, 1.165) is 23.1 Å². The Morgan fingerprint density at radius 3 is 2.28 bits per heavy atom. The van der Waals surface area contributed by atoms with Gasteiger partial charge in [-0.2, -0.15) is 5.26 Å². The van der Waals surface area contributed by atoms with Gasteiger partial charge in [0, 0.05) is 0 Å². The van der Waals surface area contributed by atoms with Gasteiger partial charge in [0.1, 0.15) is 6.67 Å². The third-order valence-electron chi connectivity index (χ3n) is 2.97. The molecular weight excluding hydrogens is 225 g/mol. The van der Waals surface area contributed by atoms with Crippen LogP contribution in [0.4, 0.5) is 4.39 Å². The summed E-state index contributed by atoms with van der Waals surface area (Å²) in [6.07, 6.45) is 0.894. The van der Waals surface area contributed by atoms with Crippen LogP contribution in [0.15, 0.2) is 42.5 Å². The van der Waals surface area contributed by atoms with Crippen molar-refractivity contribution in [2.75, 3.05) is 0 Å². The van der Waals surface area contributed by atoms with Gasteiger partial charge in [0.15, 0.2) is 0 Å². The second-order valence-corrected chi connectivity index (χ2v) is 4.21. The number of alkyl halides is 1. The summed E-state index contributed by atoms with van der Waals surface area (Å²) in [7, 11) is 0. The van der Waals surface area contributed by atoms with E-state index >= 15 is 0 Å². The van der Waals surface area contributed by atoms with E-state index in [-0.39, 0.29) is 0 Å². The number of hydrogen-bond donors (Lipinski definition) is 0. The third kappa shape index (κ3) is 2.57. The highest BCUT2D eigenvalue weighted by molar-refractivity contribution is 5.66. The normalized spacial score (nSPS) is 10.1. The van der Waals surface area contributed by atoms with E-state index < -0.39 is 6.67 Å². The largest absolute Gasteiger partial charge is 0.246 e. The Morgan fingerprint density at radius 1 is 1.00 bits per heavy atom. The fraction of sp³-hybridized carbons (Fsp3) is 0.188. The van der Waals surface area contributed by atoms with Crippen molar-refractivity contribution >= 4 is 0 Å². The fourth-order valence-corrected chi connectivity index (χ4v) is 1.91. The number of hydrogen-bond acceptors (Lipinski definition) is 1. The molecule has 0 saturated heterocycles. The lowest BCUT2D eigenvalue weighted by Gasteiger charge is -2.06. The first-order valence-electron chi connectivity index (χ1n) is 5.96. The summed E-state index contributed by atoms with van der Waals surface area (Å²) in [6, 6.07) is 15.4. The van der Waals surface area contributed by atoms with Crippen molar-refractivity contribution in [1.29, 1.82) is 5.26 Å². The van der Waals surface area contributed by atoms with Crippen LogP contribution in [-0.2, 0) is 13.1 Å². The first kappa shape index (κ1) is 12.3. The van der Waals surface area contributed by atoms with Crippen LogP contribution >= 0.6 is 0 Å². The lowest BCUT2D eigenvalue weighted by atomic mass is 9.98. The molecule has 90 valence electrons. The zero-order valence-electron chi connectivity index (χ0n) is 10.3. The number of nitriles is 1. The van der Waals surface area contributed by atoms with E-state index in [9.17, 15) is 4.39 Å². The molecule has 0 unspecified atom stereocenters. The highest BCUT2D eigenvalue weighted by Gasteiger charge is 2.03. The maximum atomic E-state index is 12.5. The number of halogens is 1. The molecule has 0 radical (unpaired) electrons. The topological polar surface area (TPSA) is 23.8 Å². The summed E-state index contributed by atoms with van der Waals surface area (Å²) in [6.45, 7) is 1.62. The van der Waals surface area contributed by atoms with Crippen LogP contribution in [0.1, 0.15) is 23.6 Å². The summed E-state index contributed by atoms with van der Waals surface area (Å²) in [5, 5.41) is 9.01. The van der Waals surface area contributed by atoms with Gasteiger partial charge >= 0.3 is 0 Å². The Balaban J connectivity index is 2.45. The lowest BCUT2D eigenvalue weighted by molar-refractivity contribution is 0.485. The summed E-state index contributed by atoms with van der Waals surface area (Å²) in [5.41, 5.74) is 4.50. The van der Waals surface area contributed by atoms with Crippen LogP contribution in [0.3, 0.4) is 0 Å². The van der Waals surface area contributed by atoms with Crippen molar-refractivity contribution in [3.63, 3.8) is 0 Å². The Labute approximate surface area is 107 Å². The molecule has 0 atom stereocenters. The SMILES string of the molecule is CCc1cc(C#N)cc(-c2ccc(CF)cc2)c1. The van der Waals surface area contributed by atoms with Gasteiger partial charge in [0.05, 0.1) is 11.6 Å². The molecule has 0 N–H and O–H groups in total. The van der Waals surface area contributed by atoms with Gasteiger partial charge in [0.25, 0.3) is 0 Å². The molecule has 18 heavy (non-hydrogen) atoms. The number of aryl methyl sites for hydroxylation is 1. The van der Waals surface area contributed by atoms with Crippen molar-refractivity contribution in [2.24, 2.45) is 0 Å². The van der Waals surface area contributed by atoms with E-state index in [4.69, 9.17) is 5.26 Å². The van der Waals surface area contributed by atoms with Crippen molar-refractivity contribution in [2.45, 2.75) is 20.0 Å². The molecule has 0 aromatic heterocycles. The molecule has 2 aromatic rings. The van der Waals surface area contributed by atoms with Gasteiger partial charge in [-0.15, -0.1) is 0 Å². The molecule has 0 aliphatic rings. The zero-order chi connectivity index (χ0) is 13.0. The summed E-state index contributed by atoms with van der Waals surface area (Å²) >= 11 is 0. The number of nitrogens with zero attached hydrogens (tertiary/aromatic N) is 1. The highest BCUT2D eigenvalue weighted by Crippen LogP contribution is 2.23. The average molecular weight is 239 g/mol. The average Bonchev–Trinajstić information content (AvgIpc) is 2.46. The van der Waals surface area contributed by atoms with Gasteiger partial charge in [0.2, 0.25) is 0 Å².